The number of nitrogens with zero attached hydrogens (tertiary/aromatic N) is 1. The molecule has 0 aliphatic carbocycles. The van der Waals surface area contributed by atoms with E-state index in [1.165, 1.54) is 4.88 Å². The van der Waals surface area contributed by atoms with Gasteiger partial charge in [-0.05, 0) is 55.6 Å². The largest absolute Gasteiger partial charge is 0.343 e. The van der Waals surface area contributed by atoms with E-state index < -0.39 is 10.0 Å². The highest BCUT2D eigenvalue weighted by Crippen LogP contribution is 2.21. The second kappa shape index (κ2) is 7.58. The van der Waals surface area contributed by atoms with Gasteiger partial charge in [0.05, 0.1) is 18.4 Å². The van der Waals surface area contributed by atoms with E-state index in [4.69, 9.17) is 0 Å². The molecule has 2 aromatic heterocycles. The number of hydrogen-bond donors (Lipinski definition) is 2. The summed E-state index contributed by atoms with van der Waals surface area (Å²) in [7, 11) is -3.32. The molecular formula is C19H21N3O3S2. The topological polar surface area (TPSA) is 80.2 Å². The SMILES string of the molecule is Cc1cc(C(=O)Nc2ccc(NS(C)(=O)=O)cc2)c(C)n1Cc1cccs1. The molecule has 1 amide bonds. The first-order chi connectivity index (χ1) is 12.7. The van der Waals surface area contributed by atoms with Crippen LogP contribution in [0.25, 0.3) is 0 Å². The lowest BCUT2D eigenvalue weighted by Gasteiger charge is -2.09. The molecule has 0 aliphatic rings. The maximum Gasteiger partial charge on any atom is 0.257 e. The zero-order valence-corrected chi connectivity index (χ0v) is 16.9. The van der Waals surface area contributed by atoms with Gasteiger partial charge in [-0.1, -0.05) is 6.07 Å². The van der Waals surface area contributed by atoms with Gasteiger partial charge in [0.2, 0.25) is 10.0 Å². The first-order valence-corrected chi connectivity index (χ1v) is 11.1. The number of sulfonamides is 1. The highest BCUT2D eigenvalue weighted by Gasteiger charge is 2.16. The molecule has 0 saturated heterocycles. The number of nitrogens with one attached hydrogen (secondary N) is 2. The van der Waals surface area contributed by atoms with E-state index in [1.54, 1.807) is 35.6 Å². The number of anilines is 2. The van der Waals surface area contributed by atoms with E-state index in [1.807, 2.05) is 31.4 Å². The van der Waals surface area contributed by atoms with Gasteiger partial charge >= 0.3 is 0 Å². The standard InChI is InChI=1S/C19H21N3O3S2/c1-13-11-18(14(2)22(13)12-17-5-4-10-26-17)19(23)20-15-6-8-16(9-7-15)21-27(3,24)25/h4-11,21H,12H2,1-3H3,(H,20,23). The monoisotopic (exact) mass is 403 g/mol. The minimum atomic E-state index is -3.32. The normalized spacial score (nSPS) is 11.4. The summed E-state index contributed by atoms with van der Waals surface area (Å²) in [4.78, 5) is 13.9. The summed E-state index contributed by atoms with van der Waals surface area (Å²) >= 11 is 1.69. The quantitative estimate of drug-likeness (QED) is 0.656. The van der Waals surface area contributed by atoms with Crippen LogP contribution < -0.4 is 10.0 Å². The second-order valence-corrected chi connectivity index (χ2v) is 9.14. The zero-order valence-electron chi connectivity index (χ0n) is 15.3. The summed E-state index contributed by atoms with van der Waals surface area (Å²) < 4.78 is 27.0. The van der Waals surface area contributed by atoms with Gasteiger partial charge in [0.25, 0.3) is 5.91 Å². The molecule has 2 heterocycles. The van der Waals surface area contributed by atoms with E-state index in [2.05, 4.69) is 20.7 Å². The fraction of sp³-hybridized carbons (Fsp3) is 0.211. The molecule has 0 unspecified atom stereocenters. The van der Waals surface area contributed by atoms with E-state index in [0.29, 0.717) is 16.9 Å². The molecule has 27 heavy (non-hydrogen) atoms. The summed E-state index contributed by atoms with van der Waals surface area (Å²) in [6.45, 7) is 4.67. The fourth-order valence-electron chi connectivity index (χ4n) is 2.87. The lowest BCUT2D eigenvalue weighted by Crippen LogP contribution is -2.14. The summed E-state index contributed by atoms with van der Waals surface area (Å²) in [6, 6.07) is 12.5. The van der Waals surface area contributed by atoms with Crippen molar-refractivity contribution in [2.75, 3.05) is 16.3 Å². The molecule has 0 spiro atoms. The van der Waals surface area contributed by atoms with Crippen LogP contribution in [-0.4, -0.2) is 25.1 Å². The average molecular weight is 404 g/mol. The Balaban J connectivity index is 1.74. The number of carbonyl (C=O) groups excluding carboxylic acids is 1. The van der Waals surface area contributed by atoms with Crippen LogP contribution in [0.4, 0.5) is 11.4 Å². The van der Waals surface area contributed by atoms with Gasteiger partial charge in [0, 0.05) is 27.6 Å². The third-order valence-corrected chi connectivity index (χ3v) is 5.63. The molecule has 0 fully saturated rings. The Morgan fingerprint density at radius 2 is 1.78 bits per heavy atom. The van der Waals surface area contributed by atoms with Crippen LogP contribution in [0.1, 0.15) is 26.6 Å². The van der Waals surface area contributed by atoms with Crippen LogP contribution in [0.15, 0.2) is 47.8 Å². The van der Waals surface area contributed by atoms with Crippen molar-refractivity contribution >= 4 is 38.6 Å². The molecule has 2 N–H and O–H groups in total. The van der Waals surface area contributed by atoms with Crippen molar-refractivity contribution in [1.82, 2.24) is 4.57 Å². The summed E-state index contributed by atoms with van der Waals surface area (Å²) in [6.07, 6.45) is 1.09. The number of benzene rings is 1. The molecule has 3 aromatic rings. The molecule has 0 saturated carbocycles. The zero-order chi connectivity index (χ0) is 19.6. The molecule has 0 aliphatic heterocycles. The molecular weight excluding hydrogens is 382 g/mol. The smallest absolute Gasteiger partial charge is 0.257 e. The number of aromatic nitrogens is 1. The van der Waals surface area contributed by atoms with E-state index >= 15 is 0 Å². The van der Waals surface area contributed by atoms with Gasteiger partial charge in [-0.3, -0.25) is 9.52 Å². The maximum absolute atomic E-state index is 12.7. The number of thiophene rings is 1. The van der Waals surface area contributed by atoms with Crippen molar-refractivity contribution in [3.8, 4) is 0 Å². The third-order valence-electron chi connectivity index (χ3n) is 4.16. The van der Waals surface area contributed by atoms with Gasteiger partial charge < -0.3 is 9.88 Å². The Bertz CT molecular complexity index is 1050. The van der Waals surface area contributed by atoms with Gasteiger partial charge in [0.1, 0.15) is 0 Å². The predicted octanol–water partition coefficient (Wildman–Crippen LogP) is 3.84. The Morgan fingerprint density at radius 1 is 1.11 bits per heavy atom. The molecule has 0 radical (unpaired) electrons. The lowest BCUT2D eigenvalue weighted by atomic mass is 10.2. The van der Waals surface area contributed by atoms with E-state index in [-0.39, 0.29) is 5.91 Å². The van der Waals surface area contributed by atoms with Crippen LogP contribution in [0, 0.1) is 13.8 Å². The Kier molecular flexibility index (Phi) is 5.38. The first-order valence-electron chi connectivity index (χ1n) is 8.31. The van der Waals surface area contributed by atoms with Crippen molar-refractivity contribution in [1.29, 1.82) is 0 Å². The number of carbonyl (C=O) groups is 1. The molecule has 0 bridgehead atoms. The third kappa shape index (κ3) is 4.78. The molecule has 6 nitrogen and oxygen atoms in total. The minimum Gasteiger partial charge on any atom is -0.343 e. The summed E-state index contributed by atoms with van der Waals surface area (Å²) in [5, 5.41) is 4.90. The van der Waals surface area contributed by atoms with Gasteiger partial charge in [-0.25, -0.2) is 8.42 Å². The molecule has 142 valence electrons. The number of rotatable bonds is 6. The van der Waals surface area contributed by atoms with E-state index in [0.717, 1.165) is 24.2 Å². The summed E-state index contributed by atoms with van der Waals surface area (Å²) in [5.74, 6) is -0.190. The van der Waals surface area contributed by atoms with Crippen LogP contribution in [0.3, 0.4) is 0 Å². The maximum atomic E-state index is 12.7. The van der Waals surface area contributed by atoms with Crippen LogP contribution in [-0.2, 0) is 16.6 Å². The Morgan fingerprint density at radius 3 is 2.37 bits per heavy atom. The molecule has 0 atom stereocenters. The fourth-order valence-corrected chi connectivity index (χ4v) is 4.12. The summed E-state index contributed by atoms with van der Waals surface area (Å²) in [5.41, 5.74) is 3.61. The first kappa shape index (κ1) is 19.2. The van der Waals surface area contributed by atoms with E-state index in [9.17, 15) is 13.2 Å². The van der Waals surface area contributed by atoms with Crippen molar-refractivity contribution in [2.45, 2.75) is 20.4 Å². The minimum absolute atomic E-state index is 0.190. The van der Waals surface area contributed by atoms with Crippen LogP contribution in [0.2, 0.25) is 0 Å². The number of aryl methyl sites for hydroxylation is 1. The van der Waals surface area contributed by atoms with Crippen LogP contribution >= 0.6 is 11.3 Å². The Hall–Kier alpha value is -2.58. The van der Waals surface area contributed by atoms with Crippen molar-refractivity contribution in [3.05, 3.63) is 69.7 Å². The average Bonchev–Trinajstić information content (AvgIpc) is 3.19. The van der Waals surface area contributed by atoms with Gasteiger partial charge in [-0.15, -0.1) is 11.3 Å². The Labute approximate surface area is 162 Å². The lowest BCUT2D eigenvalue weighted by molar-refractivity contribution is 0.102. The highest BCUT2D eigenvalue weighted by molar-refractivity contribution is 7.92. The number of hydrogen-bond acceptors (Lipinski definition) is 4. The number of amides is 1. The van der Waals surface area contributed by atoms with Crippen LogP contribution in [0.5, 0.6) is 0 Å². The highest BCUT2D eigenvalue weighted by atomic mass is 32.2. The van der Waals surface area contributed by atoms with Crippen molar-refractivity contribution < 1.29 is 13.2 Å². The van der Waals surface area contributed by atoms with Gasteiger partial charge in [-0.2, -0.15) is 0 Å². The molecule has 8 heteroatoms. The molecule has 1 aromatic carbocycles. The van der Waals surface area contributed by atoms with Crippen molar-refractivity contribution in [3.63, 3.8) is 0 Å². The molecule has 3 rings (SSSR count). The van der Waals surface area contributed by atoms with Crippen molar-refractivity contribution in [2.24, 2.45) is 0 Å². The predicted molar refractivity (Wildman–Crippen MR) is 110 cm³/mol. The second-order valence-electron chi connectivity index (χ2n) is 6.36. The van der Waals surface area contributed by atoms with Gasteiger partial charge in [0.15, 0.2) is 0 Å².